The Bertz CT molecular complexity index is 440. The standard InChI is InChI=1S/C13H16F3IN2/c1-18-2-4-19(5-3-18)9-10-6-11(13(14,15)16)8-12(17)7-10/h6-8H,2-5,9H2,1H3. The summed E-state index contributed by atoms with van der Waals surface area (Å²) in [5.41, 5.74) is 0.187. The fraction of sp³-hybridized carbons (Fsp3) is 0.538. The molecule has 1 aromatic rings. The maximum absolute atomic E-state index is 12.8. The second-order valence-electron chi connectivity index (χ2n) is 4.93. The van der Waals surface area contributed by atoms with Crippen molar-refractivity contribution in [2.45, 2.75) is 12.7 Å². The van der Waals surface area contributed by atoms with Crippen LogP contribution in [0.25, 0.3) is 0 Å². The predicted molar refractivity (Wildman–Crippen MR) is 76.9 cm³/mol. The van der Waals surface area contributed by atoms with Gasteiger partial charge in [0, 0.05) is 36.3 Å². The minimum Gasteiger partial charge on any atom is -0.304 e. The Labute approximate surface area is 124 Å². The second-order valence-corrected chi connectivity index (χ2v) is 6.17. The molecule has 0 unspecified atom stereocenters. The number of benzene rings is 1. The molecule has 0 amide bonds. The molecule has 0 N–H and O–H groups in total. The number of likely N-dealkylation sites (N-methyl/N-ethyl adjacent to an activating group) is 1. The first-order chi connectivity index (χ1) is 8.84. The van der Waals surface area contributed by atoms with E-state index in [-0.39, 0.29) is 0 Å². The lowest BCUT2D eigenvalue weighted by Crippen LogP contribution is -2.43. The van der Waals surface area contributed by atoms with Crippen molar-refractivity contribution in [3.63, 3.8) is 0 Å². The molecule has 0 aromatic heterocycles. The van der Waals surface area contributed by atoms with Gasteiger partial charge in [-0.1, -0.05) is 0 Å². The number of halogens is 4. The predicted octanol–water partition coefficient (Wildman–Crippen LogP) is 3.06. The van der Waals surface area contributed by atoms with Crippen molar-refractivity contribution in [2.24, 2.45) is 0 Å². The smallest absolute Gasteiger partial charge is 0.304 e. The van der Waals surface area contributed by atoms with E-state index in [2.05, 4.69) is 16.8 Å². The van der Waals surface area contributed by atoms with Gasteiger partial charge < -0.3 is 4.90 Å². The van der Waals surface area contributed by atoms with Crippen LogP contribution in [0.1, 0.15) is 11.1 Å². The highest BCUT2D eigenvalue weighted by Gasteiger charge is 2.31. The molecule has 1 aliphatic rings. The van der Waals surface area contributed by atoms with Crippen LogP contribution in [0.2, 0.25) is 0 Å². The first-order valence-corrected chi connectivity index (χ1v) is 7.20. The van der Waals surface area contributed by atoms with Gasteiger partial charge in [0.1, 0.15) is 0 Å². The van der Waals surface area contributed by atoms with Crippen molar-refractivity contribution < 1.29 is 13.2 Å². The fourth-order valence-corrected chi connectivity index (χ4v) is 2.91. The molecule has 2 rings (SSSR count). The third kappa shape index (κ3) is 4.32. The molecule has 0 spiro atoms. The van der Waals surface area contributed by atoms with Crippen molar-refractivity contribution in [1.29, 1.82) is 0 Å². The van der Waals surface area contributed by atoms with E-state index in [0.29, 0.717) is 10.1 Å². The van der Waals surface area contributed by atoms with Gasteiger partial charge in [-0.2, -0.15) is 13.2 Å². The van der Waals surface area contributed by atoms with Crippen LogP contribution in [0.3, 0.4) is 0 Å². The van der Waals surface area contributed by atoms with E-state index in [4.69, 9.17) is 0 Å². The lowest BCUT2D eigenvalue weighted by atomic mass is 10.1. The van der Waals surface area contributed by atoms with Gasteiger partial charge in [-0.05, 0) is 53.4 Å². The third-order valence-corrected chi connectivity index (χ3v) is 3.91. The van der Waals surface area contributed by atoms with E-state index in [1.807, 2.05) is 28.7 Å². The molecule has 0 aliphatic carbocycles. The summed E-state index contributed by atoms with van der Waals surface area (Å²) >= 11 is 1.94. The van der Waals surface area contributed by atoms with Gasteiger partial charge in [0.15, 0.2) is 0 Å². The molecule has 0 radical (unpaired) electrons. The highest BCUT2D eigenvalue weighted by molar-refractivity contribution is 14.1. The molecule has 0 atom stereocenters. The van der Waals surface area contributed by atoms with Crippen LogP contribution in [0.15, 0.2) is 18.2 Å². The van der Waals surface area contributed by atoms with Crippen molar-refractivity contribution in [3.8, 4) is 0 Å². The molecule has 0 bridgehead atoms. The zero-order valence-electron chi connectivity index (χ0n) is 10.7. The Morgan fingerprint density at radius 2 is 1.74 bits per heavy atom. The third-order valence-electron chi connectivity index (χ3n) is 3.29. The maximum atomic E-state index is 12.8. The van der Waals surface area contributed by atoms with E-state index in [1.165, 1.54) is 12.1 Å². The molecule has 2 nitrogen and oxygen atoms in total. The fourth-order valence-electron chi connectivity index (χ4n) is 2.17. The summed E-state index contributed by atoms with van der Waals surface area (Å²) in [5.74, 6) is 0. The van der Waals surface area contributed by atoms with Gasteiger partial charge in [-0.15, -0.1) is 0 Å². The second kappa shape index (κ2) is 5.97. The Morgan fingerprint density at radius 3 is 2.32 bits per heavy atom. The van der Waals surface area contributed by atoms with Gasteiger partial charge in [0.05, 0.1) is 5.56 Å². The molecule has 106 valence electrons. The number of piperazine rings is 1. The van der Waals surface area contributed by atoms with Crippen molar-refractivity contribution in [1.82, 2.24) is 9.80 Å². The number of alkyl halides is 3. The summed E-state index contributed by atoms with van der Waals surface area (Å²) in [4.78, 5) is 4.43. The van der Waals surface area contributed by atoms with Crippen molar-refractivity contribution in [3.05, 3.63) is 32.9 Å². The molecule has 0 saturated carbocycles. The minimum absolute atomic E-state index is 0.552. The first kappa shape index (κ1) is 15.1. The topological polar surface area (TPSA) is 6.48 Å². The summed E-state index contributed by atoms with van der Waals surface area (Å²) in [7, 11) is 2.06. The SMILES string of the molecule is CN1CCN(Cc2cc(I)cc(C(F)(F)F)c2)CC1. The van der Waals surface area contributed by atoms with Gasteiger partial charge in [-0.25, -0.2) is 0 Å². The maximum Gasteiger partial charge on any atom is 0.416 e. The number of rotatable bonds is 2. The largest absolute Gasteiger partial charge is 0.416 e. The summed E-state index contributed by atoms with van der Waals surface area (Å²) in [5, 5.41) is 0. The van der Waals surface area contributed by atoms with Crippen LogP contribution in [0.5, 0.6) is 0 Å². The molecule has 19 heavy (non-hydrogen) atoms. The lowest BCUT2D eigenvalue weighted by Gasteiger charge is -2.32. The zero-order valence-corrected chi connectivity index (χ0v) is 12.8. The molecule has 1 fully saturated rings. The Kier molecular flexibility index (Phi) is 4.73. The van der Waals surface area contributed by atoms with Crippen LogP contribution in [0.4, 0.5) is 13.2 Å². The lowest BCUT2D eigenvalue weighted by molar-refractivity contribution is -0.137. The summed E-state index contributed by atoms with van der Waals surface area (Å²) in [6.07, 6.45) is -4.27. The highest BCUT2D eigenvalue weighted by atomic mass is 127. The van der Waals surface area contributed by atoms with Crippen LogP contribution in [-0.2, 0) is 12.7 Å². The summed E-state index contributed by atoms with van der Waals surface area (Å²) in [6.45, 7) is 4.34. The quantitative estimate of drug-likeness (QED) is 0.724. The normalized spacial score (nSPS) is 18.8. The molecular weight excluding hydrogens is 368 g/mol. The van der Waals surface area contributed by atoms with Gasteiger partial charge in [0.25, 0.3) is 0 Å². The van der Waals surface area contributed by atoms with E-state index >= 15 is 0 Å². The van der Waals surface area contributed by atoms with Crippen molar-refractivity contribution in [2.75, 3.05) is 33.2 Å². The molecular formula is C13H16F3IN2. The molecule has 1 saturated heterocycles. The Balaban J connectivity index is 2.10. The monoisotopic (exact) mass is 384 g/mol. The Hall–Kier alpha value is -0.340. The molecule has 6 heteroatoms. The van der Waals surface area contributed by atoms with Crippen LogP contribution < -0.4 is 0 Å². The van der Waals surface area contributed by atoms with E-state index in [9.17, 15) is 13.2 Å². The minimum atomic E-state index is -4.27. The molecule has 1 aliphatic heterocycles. The first-order valence-electron chi connectivity index (χ1n) is 6.12. The average molecular weight is 384 g/mol. The van der Waals surface area contributed by atoms with Crippen LogP contribution >= 0.6 is 22.6 Å². The van der Waals surface area contributed by atoms with E-state index in [1.54, 1.807) is 0 Å². The summed E-state index contributed by atoms with van der Waals surface area (Å²) < 4.78 is 38.9. The van der Waals surface area contributed by atoms with E-state index < -0.39 is 11.7 Å². The Morgan fingerprint density at radius 1 is 1.11 bits per heavy atom. The van der Waals surface area contributed by atoms with E-state index in [0.717, 1.165) is 31.7 Å². The average Bonchev–Trinajstić information content (AvgIpc) is 2.30. The van der Waals surface area contributed by atoms with Crippen LogP contribution in [0, 0.1) is 3.57 Å². The molecule has 1 heterocycles. The van der Waals surface area contributed by atoms with Gasteiger partial charge in [0.2, 0.25) is 0 Å². The van der Waals surface area contributed by atoms with Gasteiger partial charge in [-0.3, -0.25) is 4.90 Å². The van der Waals surface area contributed by atoms with Crippen molar-refractivity contribution >= 4 is 22.6 Å². The number of hydrogen-bond acceptors (Lipinski definition) is 2. The zero-order chi connectivity index (χ0) is 14.0. The summed E-state index contributed by atoms with van der Waals surface area (Å²) in [6, 6.07) is 4.28. The van der Waals surface area contributed by atoms with Crippen LogP contribution in [-0.4, -0.2) is 43.0 Å². The van der Waals surface area contributed by atoms with Gasteiger partial charge >= 0.3 is 6.18 Å². The number of nitrogens with zero attached hydrogens (tertiary/aromatic N) is 2. The highest BCUT2D eigenvalue weighted by Crippen LogP contribution is 2.31. The number of hydrogen-bond donors (Lipinski definition) is 0. The molecule has 1 aromatic carbocycles.